The molecule has 1 atom stereocenters. The van der Waals surface area contributed by atoms with Crippen molar-refractivity contribution in [2.45, 2.75) is 63.7 Å². The smallest absolute Gasteiger partial charge is 0.251 e. The summed E-state index contributed by atoms with van der Waals surface area (Å²) in [6.07, 6.45) is 4.41. The minimum Gasteiger partial charge on any atom is -0.349 e. The van der Waals surface area contributed by atoms with E-state index in [-0.39, 0.29) is 36.2 Å². The fourth-order valence-corrected chi connectivity index (χ4v) is 3.59. The van der Waals surface area contributed by atoms with Crippen molar-refractivity contribution in [1.82, 2.24) is 15.5 Å². The number of benzene rings is 2. The molecule has 1 unspecified atom stereocenters. The first-order chi connectivity index (χ1) is 15.0. The molecule has 2 saturated carbocycles. The number of nitrogens with zero attached hydrogens (tertiary/aromatic N) is 1. The van der Waals surface area contributed by atoms with Crippen molar-refractivity contribution < 1.29 is 14.4 Å². The van der Waals surface area contributed by atoms with Crippen LogP contribution in [0.3, 0.4) is 0 Å². The van der Waals surface area contributed by atoms with Gasteiger partial charge in [0.15, 0.2) is 0 Å². The molecule has 0 heterocycles. The van der Waals surface area contributed by atoms with Gasteiger partial charge in [-0.3, -0.25) is 14.4 Å². The minimum atomic E-state index is -0.255. The van der Waals surface area contributed by atoms with Crippen LogP contribution in [0.2, 0.25) is 0 Å². The Bertz CT molecular complexity index is 934. The van der Waals surface area contributed by atoms with Crippen molar-refractivity contribution >= 4 is 17.7 Å². The fraction of sp³-hybridized carbons (Fsp3) is 0.400. The number of hydrogen-bond acceptors (Lipinski definition) is 3. The average Bonchev–Trinajstić information content (AvgIpc) is 3.68. The lowest BCUT2D eigenvalue weighted by atomic mass is 10.1. The summed E-state index contributed by atoms with van der Waals surface area (Å²) < 4.78 is 0. The van der Waals surface area contributed by atoms with E-state index in [0.29, 0.717) is 23.7 Å². The first kappa shape index (κ1) is 21.1. The van der Waals surface area contributed by atoms with Crippen LogP contribution in [0, 0.1) is 0 Å². The number of amides is 3. The van der Waals surface area contributed by atoms with Crippen molar-refractivity contribution in [2.24, 2.45) is 0 Å². The number of rotatable bonds is 9. The lowest BCUT2D eigenvalue weighted by molar-refractivity contribution is -0.132. The molecular weight excluding hydrogens is 390 g/mol. The Morgan fingerprint density at radius 1 is 0.903 bits per heavy atom. The molecule has 0 saturated heterocycles. The standard InChI is InChI=1S/C25H29N3O3/c1-17(26-24(30)19-5-3-2-4-6-19)15-23(29)28(22-13-14-22)16-18-7-9-20(10-8-18)25(31)27-21-11-12-21/h2-10,17,21-22H,11-16H2,1H3,(H,26,30)(H,27,31). The van der Waals surface area contributed by atoms with Crippen molar-refractivity contribution in [2.75, 3.05) is 0 Å². The Balaban J connectivity index is 1.32. The summed E-state index contributed by atoms with van der Waals surface area (Å²) >= 11 is 0. The zero-order chi connectivity index (χ0) is 21.8. The highest BCUT2D eigenvalue weighted by Crippen LogP contribution is 2.29. The van der Waals surface area contributed by atoms with Gasteiger partial charge in [-0.1, -0.05) is 30.3 Å². The van der Waals surface area contributed by atoms with Crippen molar-refractivity contribution in [3.63, 3.8) is 0 Å². The van der Waals surface area contributed by atoms with Crippen molar-refractivity contribution in [1.29, 1.82) is 0 Å². The Hall–Kier alpha value is -3.15. The normalized spacial score (nSPS) is 16.3. The van der Waals surface area contributed by atoms with Gasteiger partial charge in [-0.25, -0.2) is 0 Å². The maximum Gasteiger partial charge on any atom is 0.251 e. The first-order valence-corrected chi connectivity index (χ1v) is 11.0. The van der Waals surface area contributed by atoms with Gasteiger partial charge in [0, 0.05) is 42.2 Å². The highest BCUT2D eigenvalue weighted by Gasteiger charge is 2.33. The zero-order valence-electron chi connectivity index (χ0n) is 17.8. The van der Waals surface area contributed by atoms with E-state index >= 15 is 0 Å². The van der Waals surface area contributed by atoms with E-state index in [4.69, 9.17) is 0 Å². The molecule has 0 spiro atoms. The summed E-state index contributed by atoms with van der Waals surface area (Å²) in [5, 5.41) is 5.90. The van der Waals surface area contributed by atoms with Crippen molar-refractivity contribution in [3.8, 4) is 0 Å². The largest absolute Gasteiger partial charge is 0.349 e. The molecule has 31 heavy (non-hydrogen) atoms. The molecule has 6 nitrogen and oxygen atoms in total. The maximum atomic E-state index is 13.0. The van der Waals surface area contributed by atoms with Crippen LogP contribution in [0.4, 0.5) is 0 Å². The molecule has 0 bridgehead atoms. The summed E-state index contributed by atoms with van der Waals surface area (Å²) in [6.45, 7) is 2.38. The molecular formula is C25H29N3O3. The van der Waals surface area contributed by atoms with Crippen LogP contribution in [0.1, 0.15) is 65.3 Å². The number of carbonyl (C=O) groups excluding carboxylic acids is 3. The van der Waals surface area contributed by atoms with Gasteiger partial charge in [-0.15, -0.1) is 0 Å². The van der Waals surface area contributed by atoms with Crippen LogP contribution in [0.25, 0.3) is 0 Å². The van der Waals surface area contributed by atoms with E-state index in [2.05, 4.69) is 10.6 Å². The summed E-state index contributed by atoms with van der Waals surface area (Å²) in [5.41, 5.74) is 2.24. The SMILES string of the molecule is CC(CC(=O)N(Cc1ccc(C(=O)NC2CC2)cc1)C1CC1)NC(=O)c1ccccc1. The van der Waals surface area contributed by atoms with E-state index < -0.39 is 0 Å². The molecule has 0 radical (unpaired) electrons. The van der Waals surface area contributed by atoms with E-state index in [0.717, 1.165) is 31.2 Å². The van der Waals surface area contributed by atoms with E-state index in [1.807, 2.05) is 54.3 Å². The second-order valence-corrected chi connectivity index (χ2v) is 8.64. The second-order valence-electron chi connectivity index (χ2n) is 8.64. The van der Waals surface area contributed by atoms with Crippen LogP contribution in [-0.2, 0) is 11.3 Å². The third-order valence-corrected chi connectivity index (χ3v) is 5.68. The second kappa shape index (κ2) is 9.33. The van der Waals surface area contributed by atoms with Gasteiger partial charge in [0.1, 0.15) is 0 Å². The van der Waals surface area contributed by atoms with Crippen LogP contribution >= 0.6 is 0 Å². The van der Waals surface area contributed by atoms with E-state index in [1.54, 1.807) is 12.1 Å². The summed E-state index contributed by atoms with van der Waals surface area (Å²) in [5.74, 6) is -0.162. The first-order valence-electron chi connectivity index (χ1n) is 11.0. The quantitative estimate of drug-likeness (QED) is 0.655. The van der Waals surface area contributed by atoms with Crippen LogP contribution in [-0.4, -0.2) is 40.7 Å². The lowest BCUT2D eigenvalue weighted by Crippen LogP contribution is -2.40. The van der Waals surface area contributed by atoms with Crippen LogP contribution < -0.4 is 10.6 Å². The molecule has 2 aliphatic carbocycles. The molecule has 2 aromatic rings. The van der Waals surface area contributed by atoms with Gasteiger partial charge in [0.25, 0.3) is 11.8 Å². The molecule has 0 aliphatic heterocycles. The van der Waals surface area contributed by atoms with Gasteiger partial charge >= 0.3 is 0 Å². The van der Waals surface area contributed by atoms with Gasteiger partial charge in [-0.2, -0.15) is 0 Å². The molecule has 6 heteroatoms. The summed E-state index contributed by atoms with van der Waals surface area (Å²) in [4.78, 5) is 39.4. The lowest BCUT2D eigenvalue weighted by Gasteiger charge is -2.25. The van der Waals surface area contributed by atoms with Gasteiger partial charge in [0.05, 0.1) is 0 Å². The number of hydrogen-bond donors (Lipinski definition) is 2. The Morgan fingerprint density at radius 3 is 2.16 bits per heavy atom. The predicted octanol–water partition coefficient (Wildman–Crippen LogP) is 3.28. The fourth-order valence-electron chi connectivity index (χ4n) is 3.59. The number of nitrogens with one attached hydrogen (secondary N) is 2. The highest BCUT2D eigenvalue weighted by molar-refractivity contribution is 5.95. The molecule has 0 aromatic heterocycles. The molecule has 162 valence electrons. The maximum absolute atomic E-state index is 13.0. The predicted molar refractivity (Wildman–Crippen MR) is 118 cm³/mol. The minimum absolute atomic E-state index is 0.0350. The zero-order valence-corrected chi connectivity index (χ0v) is 17.8. The Labute approximate surface area is 183 Å². The molecule has 3 amide bonds. The molecule has 2 fully saturated rings. The van der Waals surface area contributed by atoms with Gasteiger partial charge in [0.2, 0.25) is 5.91 Å². The van der Waals surface area contributed by atoms with Gasteiger partial charge in [-0.05, 0) is 62.4 Å². The van der Waals surface area contributed by atoms with Gasteiger partial charge < -0.3 is 15.5 Å². The third kappa shape index (κ3) is 5.94. The number of carbonyl (C=O) groups is 3. The topological polar surface area (TPSA) is 78.5 Å². The summed E-state index contributed by atoms with van der Waals surface area (Å²) in [6, 6.07) is 16.9. The monoisotopic (exact) mass is 419 g/mol. The average molecular weight is 420 g/mol. The highest BCUT2D eigenvalue weighted by atomic mass is 16.2. The third-order valence-electron chi connectivity index (χ3n) is 5.68. The van der Waals surface area contributed by atoms with Crippen molar-refractivity contribution in [3.05, 3.63) is 71.3 Å². The Kier molecular flexibility index (Phi) is 6.35. The van der Waals surface area contributed by atoms with Crippen LogP contribution in [0.15, 0.2) is 54.6 Å². The van der Waals surface area contributed by atoms with E-state index in [1.165, 1.54) is 0 Å². The molecule has 2 aromatic carbocycles. The molecule has 4 rings (SSSR count). The Morgan fingerprint density at radius 2 is 1.55 bits per heavy atom. The summed E-state index contributed by atoms with van der Waals surface area (Å²) in [7, 11) is 0. The van der Waals surface area contributed by atoms with E-state index in [9.17, 15) is 14.4 Å². The van der Waals surface area contributed by atoms with Crippen LogP contribution in [0.5, 0.6) is 0 Å². The molecule has 2 N–H and O–H groups in total. The molecule has 2 aliphatic rings.